The van der Waals surface area contributed by atoms with E-state index >= 15 is 0 Å². The Kier molecular flexibility index (Phi) is 4.36. The lowest BCUT2D eigenvalue weighted by Crippen LogP contribution is -2.19. The van der Waals surface area contributed by atoms with Crippen molar-refractivity contribution in [2.75, 3.05) is 0 Å². The molecule has 0 spiro atoms. The van der Waals surface area contributed by atoms with E-state index in [1.54, 1.807) is 0 Å². The van der Waals surface area contributed by atoms with E-state index < -0.39 is 7.92 Å². The SMILES string of the molecule is C[C@H](N)C1=C=CC=C1P(C1=C[CH]C=CC1)c1ccccc1. The zero-order valence-corrected chi connectivity index (χ0v) is 13.1. The number of nitrogens with two attached hydrogens (primary N) is 1. The first kappa shape index (κ1) is 14.3. The van der Waals surface area contributed by atoms with Crippen LogP contribution in [-0.4, -0.2) is 6.04 Å². The summed E-state index contributed by atoms with van der Waals surface area (Å²) in [6, 6.07) is 10.8. The van der Waals surface area contributed by atoms with E-state index in [2.05, 4.69) is 66.8 Å². The molecule has 0 fully saturated rings. The minimum Gasteiger partial charge on any atom is -0.324 e. The van der Waals surface area contributed by atoms with Crippen LogP contribution in [0.5, 0.6) is 0 Å². The quantitative estimate of drug-likeness (QED) is 0.654. The molecular formula is C19H19NP. The topological polar surface area (TPSA) is 26.0 Å². The number of hydrogen-bond donors (Lipinski definition) is 1. The molecule has 0 heterocycles. The molecule has 1 aromatic carbocycles. The van der Waals surface area contributed by atoms with Crippen molar-refractivity contribution in [3.8, 4) is 0 Å². The van der Waals surface area contributed by atoms with Crippen molar-refractivity contribution < 1.29 is 0 Å². The molecule has 3 rings (SSSR count). The van der Waals surface area contributed by atoms with Crippen LogP contribution in [0.1, 0.15) is 13.3 Å². The molecule has 2 aliphatic carbocycles. The van der Waals surface area contributed by atoms with E-state index in [0.717, 1.165) is 12.0 Å². The van der Waals surface area contributed by atoms with Gasteiger partial charge in [0.15, 0.2) is 0 Å². The van der Waals surface area contributed by atoms with Crippen molar-refractivity contribution in [1.82, 2.24) is 0 Å². The molecule has 21 heavy (non-hydrogen) atoms. The summed E-state index contributed by atoms with van der Waals surface area (Å²) in [5.74, 6) is 0. The fourth-order valence-corrected chi connectivity index (χ4v) is 5.28. The van der Waals surface area contributed by atoms with Crippen molar-refractivity contribution >= 4 is 13.2 Å². The second-order valence-electron chi connectivity index (χ2n) is 5.22. The normalized spacial score (nSPS) is 19.8. The predicted octanol–water partition coefficient (Wildman–Crippen LogP) is 4.17. The van der Waals surface area contributed by atoms with Crippen molar-refractivity contribution in [1.29, 1.82) is 0 Å². The maximum atomic E-state index is 6.14. The molecule has 0 aromatic heterocycles. The Morgan fingerprint density at radius 2 is 2.00 bits per heavy atom. The molecule has 2 aliphatic rings. The van der Waals surface area contributed by atoms with Crippen LogP contribution < -0.4 is 11.0 Å². The van der Waals surface area contributed by atoms with Crippen LogP contribution in [0, 0.1) is 6.42 Å². The highest BCUT2D eigenvalue weighted by Crippen LogP contribution is 2.57. The maximum absolute atomic E-state index is 6.14. The summed E-state index contributed by atoms with van der Waals surface area (Å²) in [5, 5.41) is 4.20. The molecule has 0 bridgehead atoms. The summed E-state index contributed by atoms with van der Waals surface area (Å²) in [5.41, 5.74) is 10.6. The van der Waals surface area contributed by atoms with Gasteiger partial charge in [0.05, 0.1) is 0 Å². The smallest absolute Gasteiger partial charge is 0.0346 e. The average Bonchev–Trinajstić information content (AvgIpc) is 2.99. The fourth-order valence-electron chi connectivity index (χ4n) is 2.64. The summed E-state index contributed by atoms with van der Waals surface area (Å²) >= 11 is 0. The third kappa shape index (κ3) is 3.01. The summed E-state index contributed by atoms with van der Waals surface area (Å²) in [6.45, 7) is 2.04. The number of benzene rings is 1. The van der Waals surface area contributed by atoms with Crippen molar-refractivity contribution in [2.45, 2.75) is 19.4 Å². The molecule has 1 radical (unpaired) electrons. The van der Waals surface area contributed by atoms with E-state index in [1.807, 2.05) is 13.0 Å². The second-order valence-corrected chi connectivity index (χ2v) is 7.46. The summed E-state index contributed by atoms with van der Waals surface area (Å²) in [7, 11) is -0.518. The Labute approximate surface area is 128 Å². The average molecular weight is 292 g/mol. The molecule has 1 nitrogen and oxygen atoms in total. The molecule has 1 aromatic rings. The van der Waals surface area contributed by atoms with E-state index in [9.17, 15) is 0 Å². The Balaban J connectivity index is 2.02. The Morgan fingerprint density at radius 3 is 2.67 bits per heavy atom. The lowest BCUT2D eigenvalue weighted by Gasteiger charge is -2.26. The highest BCUT2D eigenvalue weighted by Gasteiger charge is 2.26. The molecule has 1 unspecified atom stereocenters. The van der Waals surface area contributed by atoms with Gasteiger partial charge in [-0.05, 0) is 49.4 Å². The predicted molar refractivity (Wildman–Crippen MR) is 92.5 cm³/mol. The number of hydrogen-bond acceptors (Lipinski definition) is 1. The number of allylic oxidation sites excluding steroid dienone is 5. The van der Waals surface area contributed by atoms with Crippen molar-refractivity contribution in [3.63, 3.8) is 0 Å². The van der Waals surface area contributed by atoms with Gasteiger partial charge in [0.1, 0.15) is 0 Å². The maximum Gasteiger partial charge on any atom is 0.0346 e. The van der Waals surface area contributed by atoms with Gasteiger partial charge in [-0.25, -0.2) is 0 Å². The van der Waals surface area contributed by atoms with E-state index in [4.69, 9.17) is 5.73 Å². The van der Waals surface area contributed by atoms with Gasteiger partial charge in [0.25, 0.3) is 0 Å². The Hall–Kier alpha value is -1.65. The first-order valence-corrected chi connectivity index (χ1v) is 8.58. The molecule has 0 amide bonds. The summed E-state index contributed by atoms with van der Waals surface area (Å²) < 4.78 is 0. The van der Waals surface area contributed by atoms with Crippen LogP contribution in [0.25, 0.3) is 0 Å². The Morgan fingerprint density at radius 1 is 1.19 bits per heavy atom. The molecule has 0 aliphatic heterocycles. The molecular weight excluding hydrogens is 273 g/mol. The molecule has 0 saturated heterocycles. The largest absolute Gasteiger partial charge is 0.324 e. The third-order valence-corrected chi connectivity index (χ3v) is 6.21. The summed E-state index contributed by atoms with van der Waals surface area (Å²) in [6.07, 6.45) is 14.0. The monoisotopic (exact) mass is 292 g/mol. The van der Waals surface area contributed by atoms with E-state index in [-0.39, 0.29) is 6.04 Å². The molecule has 105 valence electrons. The summed E-state index contributed by atoms with van der Waals surface area (Å²) in [4.78, 5) is 0. The minimum atomic E-state index is -0.518. The highest BCUT2D eigenvalue weighted by molar-refractivity contribution is 7.74. The van der Waals surface area contributed by atoms with Gasteiger partial charge < -0.3 is 5.73 Å². The van der Waals surface area contributed by atoms with Crippen LogP contribution in [0.2, 0.25) is 0 Å². The lowest BCUT2D eigenvalue weighted by atomic mass is 10.2. The van der Waals surface area contributed by atoms with Gasteiger partial charge >= 0.3 is 0 Å². The third-order valence-electron chi connectivity index (χ3n) is 3.62. The van der Waals surface area contributed by atoms with Crippen LogP contribution >= 0.6 is 7.92 Å². The van der Waals surface area contributed by atoms with Crippen LogP contribution in [0.3, 0.4) is 0 Å². The molecule has 2 heteroatoms. The van der Waals surface area contributed by atoms with Crippen LogP contribution in [0.15, 0.2) is 82.6 Å². The highest BCUT2D eigenvalue weighted by atomic mass is 31.1. The van der Waals surface area contributed by atoms with Gasteiger partial charge in [-0.15, -0.1) is 5.73 Å². The van der Waals surface area contributed by atoms with Gasteiger partial charge in [-0.1, -0.05) is 48.6 Å². The van der Waals surface area contributed by atoms with Gasteiger partial charge in [-0.2, -0.15) is 0 Å². The van der Waals surface area contributed by atoms with Crippen molar-refractivity contribution in [3.05, 3.63) is 89.1 Å². The van der Waals surface area contributed by atoms with Crippen LogP contribution in [-0.2, 0) is 0 Å². The first-order chi connectivity index (χ1) is 10.3. The fraction of sp³-hybridized carbons (Fsp3) is 0.158. The van der Waals surface area contributed by atoms with Crippen molar-refractivity contribution in [2.24, 2.45) is 5.73 Å². The van der Waals surface area contributed by atoms with E-state index in [0.29, 0.717) is 0 Å². The zero-order chi connectivity index (χ0) is 14.7. The van der Waals surface area contributed by atoms with Crippen LogP contribution in [0.4, 0.5) is 0 Å². The Bertz CT molecular complexity index is 671. The zero-order valence-electron chi connectivity index (χ0n) is 12.2. The molecule has 0 saturated carbocycles. The standard InChI is InChI=1S/C19H19NP/c1-15(20)18-13-8-14-19(18)21(16-9-4-2-5-10-16)17-11-6-3-7-12-17/h2-11,14-15H,12,20H2,1H3/t15-,21?/m0/s1. The van der Waals surface area contributed by atoms with Gasteiger partial charge in [0, 0.05) is 18.0 Å². The molecule has 2 atom stereocenters. The number of rotatable bonds is 4. The van der Waals surface area contributed by atoms with E-state index in [1.165, 1.54) is 15.9 Å². The van der Waals surface area contributed by atoms with Gasteiger partial charge in [0.2, 0.25) is 0 Å². The molecule has 2 N–H and O–H groups in total. The lowest BCUT2D eigenvalue weighted by molar-refractivity contribution is 0.885. The minimum absolute atomic E-state index is 0.0208. The van der Waals surface area contributed by atoms with Gasteiger partial charge in [-0.3, -0.25) is 0 Å². The first-order valence-electron chi connectivity index (χ1n) is 7.24. The second kappa shape index (κ2) is 6.41.